The van der Waals surface area contributed by atoms with Gasteiger partial charge in [0.05, 0.1) is 12.7 Å². The normalized spacial score (nSPS) is 13.2. The number of carbonyl (C=O) groups is 1. The Morgan fingerprint density at radius 3 is 2.32 bits per heavy atom. The number of imidazole rings is 1. The van der Waals surface area contributed by atoms with Gasteiger partial charge in [-0.25, -0.2) is 4.79 Å². The van der Waals surface area contributed by atoms with Gasteiger partial charge in [-0.15, -0.1) is 0 Å². The first-order valence-electron chi connectivity index (χ1n) is 9.52. The molecular formula is C22H23N3O3. The molecule has 1 N–H and O–H groups in total. The molecule has 0 fully saturated rings. The van der Waals surface area contributed by atoms with Gasteiger partial charge in [0.1, 0.15) is 0 Å². The first-order valence-corrected chi connectivity index (χ1v) is 9.52. The molecule has 2 heterocycles. The Morgan fingerprint density at radius 2 is 1.68 bits per heavy atom. The van der Waals surface area contributed by atoms with Crippen LogP contribution in [-0.4, -0.2) is 31.6 Å². The molecule has 0 aliphatic carbocycles. The fourth-order valence-electron chi connectivity index (χ4n) is 3.74. The Hall–Kier alpha value is -3.28. The number of hydrogen-bond donors (Lipinski definition) is 1. The summed E-state index contributed by atoms with van der Waals surface area (Å²) in [5.41, 5.74) is 4.76. The predicted octanol–water partition coefficient (Wildman–Crippen LogP) is 3.07. The van der Waals surface area contributed by atoms with Crippen molar-refractivity contribution in [1.82, 2.24) is 14.0 Å². The second kappa shape index (κ2) is 7.03. The fraction of sp³-hybridized carbons (Fsp3) is 0.273. The van der Waals surface area contributed by atoms with Crippen LogP contribution < -0.4 is 5.69 Å². The zero-order valence-corrected chi connectivity index (χ0v) is 16.1. The van der Waals surface area contributed by atoms with E-state index in [0.29, 0.717) is 26.2 Å². The SMILES string of the molecule is CCN1Cc2cc(-c3ccc(Cn4cc(O)n(CC)c4=O)cc3)ccc2C1=O. The molecule has 3 aromatic rings. The highest BCUT2D eigenvalue weighted by Gasteiger charge is 2.26. The molecule has 1 aromatic heterocycles. The van der Waals surface area contributed by atoms with Crippen LogP contribution in [0.25, 0.3) is 11.1 Å². The van der Waals surface area contributed by atoms with Gasteiger partial charge in [0.15, 0.2) is 0 Å². The molecule has 144 valence electrons. The molecule has 0 unspecified atom stereocenters. The van der Waals surface area contributed by atoms with Crippen LogP contribution >= 0.6 is 0 Å². The van der Waals surface area contributed by atoms with E-state index in [2.05, 4.69) is 6.07 Å². The van der Waals surface area contributed by atoms with Crippen LogP contribution in [0, 0.1) is 0 Å². The summed E-state index contributed by atoms with van der Waals surface area (Å²) in [7, 11) is 0. The second-order valence-electron chi connectivity index (χ2n) is 7.03. The number of fused-ring (bicyclic) bond motifs is 1. The van der Waals surface area contributed by atoms with Gasteiger partial charge in [-0.05, 0) is 48.2 Å². The van der Waals surface area contributed by atoms with E-state index in [0.717, 1.165) is 27.8 Å². The highest BCUT2D eigenvalue weighted by Crippen LogP contribution is 2.28. The standard InChI is InChI=1S/C22H23N3O3/c1-3-23-13-18-11-17(9-10-19(18)21(23)27)16-7-5-15(6-8-16)12-24-14-20(26)25(4-2)22(24)28/h5-11,14,26H,3-4,12-13H2,1-2H3. The van der Waals surface area contributed by atoms with E-state index >= 15 is 0 Å². The van der Waals surface area contributed by atoms with E-state index in [4.69, 9.17) is 0 Å². The van der Waals surface area contributed by atoms with Gasteiger partial charge < -0.3 is 10.0 Å². The van der Waals surface area contributed by atoms with Gasteiger partial charge in [-0.1, -0.05) is 30.3 Å². The van der Waals surface area contributed by atoms with Crippen LogP contribution in [0.15, 0.2) is 53.5 Å². The van der Waals surface area contributed by atoms with Crippen LogP contribution in [0.3, 0.4) is 0 Å². The third-order valence-electron chi connectivity index (χ3n) is 5.35. The second-order valence-corrected chi connectivity index (χ2v) is 7.03. The summed E-state index contributed by atoms with van der Waals surface area (Å²) in [4.78, 5) is 26.3. The summed E-state index contributed by atoms with van der Waals surface area (Å²) < 4.78 is 2.84. The van der Waals surface area contributed by atoms with Gasteiger partial charge in [-0.2, -0.15) is 0 Å². The Labute approximate surface area is 163 Å². The minimum atomic E-state index is -0.215. The summed E-state index contributed by atoms with van der Waals surface area (Å²) in [6.07, 6.45) is 1.47. The highest BCUT2D eigenvalue weighted by molar-refractivity contribution is 5.99. The maximum Gasteiger partial charge on any atom is 0.331 e. The quantitative estimate of drug-likeness (QED) is 0.743. The van der Waals surface area contributed by atoms with Crippen molar-refractivity contribution in [3.05, 3.63) is 75.8 Å². The highest BCUT2D eigenvalue weighted by atomic mass is 16.3. The van der Waals surface area contributed by atoms with Gasteiger partial charge in [-0.3, -0.25) is 13.9 Å². The van der Waals surface area contributed by atoms with E-state index in [1.807, 2.05) is 55.1 Å². The van der Waals surface area contributed by atoms with Crippen molar-refractivity contribution < 1.29 is 9.90 Å². The van der Waals surface area contributed by atoms with Crippen LogP contribution in [0.4, 0.5) is 0 Å². The molecule has 4 rings (SSSR count). The number of carbonyl (C=O) groups excluding carboxylic acids is 1. The number of nitrogens with zero attached hydrogens (tertiary/aromatic N) is 3. The number of aromatic nitrogens is 2. The average Bonchev–Trinajstić information content (AvgIpc) is 3.17. The zero-order valence-electron chi connectivity index (χ0n) is 16.1. The molecule has 0 atom stereocenters. The summed E-state index contributed by atoms with van der Waals surface area (Å²) >= 11 is 0. The average molecular weight is 377 g/mol. The topological polar surface area (TPSA) is 67.5 Å². The lowest BCUT2D eigenvalue weighted by Crippen LogP contribution is -2.23. The third-order valence-corrected chi connectivity index (χ3v) is 5.35. The first kappa shape index (κ1) is 18.1. The van der Waals surface area contributed by atoms with Crippen LogP contribution in [-0.2, 0) is 19.6 Å². The Morgan fingerprint density at radius 1 is 0.964 bits per heavy atom. The summed E-state index contributed by atoms with van der Waals surface area (Å²) in [6.45, 7) is 6.04. The minimum Gasteiger partial charge on any atom is -0.493 e. The summed E-state index contributed by atoms with van der Waals surface area (Å²) in [6, 6.07) is 14.0. The molecule has 0 bridgehead atoms. The van der Waals surface area contributed by atoms with Crippen LogP contribution in [0.1, 0.15) is 35.3 Å². The number of rotatable bonds is 5. The third kappa shape index (κ3) is 3.01. The van der Waals surface area contributed by atoms with Crippen molar-refractivity contribution in [2.75, 3.05) is 6.54 Å². The van der Waals surface area contributed by atoms with Gasteiger partial charge in [0.25, 0.3) is 5.91 Å². The summed E-state index contributed by atoms with van der Waals surface area (Å²) in [5.74, 6) is 0.0880. The molecule has 0 radical (unpaired) electrons. The Bertz CT molecular complexity index is 1090. The maximum absolute atomic E-state index is 12.2. The van der Waals surface area contributed by atoms with Crippen molar-refractivity contribution in [2.45, 2.75) is 33.5 Å². The molecule has 1 aliphatic heterocycles. The molecule has 1 aliphatic rings. The lowest BCUT2D eigenvalue weighted by Gasteiger charge is -2.10. The van der Waals surface area contributed by atoms with Gasteiger partial charge in [0.2, 0.25) is 5.88 Å². The predicted molar refractivity (Wildman–Crippen MR) is 107 cm³/mol. The Kier molecular flexibility index (Phi) is 4.55. The largest absolute Gasteiger partial charge is 0.493 e. The van der Waals surface area contributed by atoms with Crippen LogP contribution in [0.2, 0.25) is 0 Å². The molecule has 28 heavy (non-hydrogen) atoms. The lowest BCUT2D eigenvalue weighted by molar-refractivity contribution is 0.0787. The molecule has 1 amide bonds. The number of benzene rings is 2. The van der Waals surface area contributed by atoms with Crippen molar-refractivity contribution in [3.8, 4) is 17.0 Å². The lowest BCUT2D eigenvalue weighted by atomic mass is 9.99. The Balaban J connectivity index is 1.56. The van der Waals surface area contributed by atoms with E-state index in [1.54, 1.807) is 0 Å². The minimum absolute atomic E-state index is 0.0158. The van der Waals surface area contributed by atoms with Gasteiger partial charge in [0, 0.05) is 25.2 Å². The van der Waals surface area contributed by atoms with E-state index in [-0.39, 0.29) is 17.5 Å². The molecule has 0 saturated heterocycles. The van der Waals surface area contributed by atoms with Gasteiger partial charge >= 0.3 is 5.69 Å². The molecule has 0 saturated carbocycles. The molecule has 6 heteroatoms. The smallest absolute Gasteiger partial charge is 0.331 e. The van der Waals surface area contributed by atoms with E-state index in [1.165, 1.54) is 15.3 Å². The maximum atomic E-state index is 12.2. The molecule has 2 aromatic carbocycles. The van der Waals surface area contributed by atoms with Crippen molar-refractivity contribution in [1.29, 1.82) is 0 Å². The molecular weight excluding hydrogens is 354 g/mol. The van der Waals surface area contributed by atoms with Crippen LogP contribution in [0.5, 0.6) is 5.88 Å². The van der Waals surface area contributed by atoms with E-state index in [9.17, 15) is 14.7 Å². The number of hydrogen-bond acceptors (Lipinski definition) is 3. The monoisotopic (exact) mass is 377 g/mol. The number of amides is 1. The van der Waals surface area contributed by atoms with Crippen molar-refractivity contribution >= 4 is 5.91 Å². The zero-order chi connectivity index (χ0) is 19.8. The fourth-order valence-corrected chi connectivity index (χ4v) is 3.74. The first-order chi connectivity index (χ1) is 13.5. The molecule has 6 nitrogen and oxygen atoms in total. The van der Waals surface area contributed by atoms with E-state index < -0.39 is 0 Å². The number of aromatic hydroxyl groups is 1. The molecule has 0 spiro atoms. The summed E-state index contributed by atoms with van der Waals surface area (Å²) in [5, 5.41) is 9.83. The van der Waals surface area contributed by atoms with Crippen molar-refractivity contribution in [2.24, 2.45) is 0 Å². The van der Waals surface area contributed by atoms with Crippen molar-refractivity contribution in [3.63, 3.8) is 0 Å².